The molecule has 7 nitrogen and oxygen atoms in total. The highest BCUT2D eigenvalue weighted by molar-refractivity contribution is 7.99. The molecule has 32 heavy (non-hydrogen) atoms. The number of nitrogens with one attached hydrogen (secondary N) is 1. The molecule has 1 saturated heterocycles. The first-order valence-corrected chi connectivity index (χ1v) is 11.8. The highest BCUT2D eigenvalue weighted by atomic mass is 32.2. The summed E-state index contributed by atoms with van der Waals surface area (Å²) in [4.78, 5) is 44.1. The number of para-hydroxylation sites is 1. The lowest BCUT2D eigenvalue weighted by Gasteiger charge is -2.26. The van der Waals surface area contributed by atoms with Gasteiger partial charge < -0.3 is 10.2 Å². The van der Waals surface area contributed by atoms with Gasteiger partial charge in [-0.3, -0.25) is 19.0 Å². The van der Waals surface area contributed by atoms with Gasteiger partial charge in [-0.1, -0.05) is 12.1 Å². The normalized spacial score (nSPS) is 13.9. The second-order valence-corrected chi connectivity index (χ2v) is 9.17. The van der Waals surface area contributed by atoms with E-state index in [4.69, 9.17) is 0 Å². The van der Waals surface area contributed by atoms with Crippen molar-refractivity contribution in [1.82, 2.24) is 14.5 Å². The number of fused-ring (bicyclic) bond motifs is 1. The molecule has 2 heterocycles. The fourth-order valence-corrected chi connectivity index (χ4v) is 4.72. The molecule has 166 valence electrons. The zero-order chi connectivity index (χ0) is 22.7. The lowest BCUT2D eigenvalue weighted by molar-refractivity contribution is -0.116. The molecular weight excluding hydrogens is 424 g/mol. The topological polar surface area (TPSA) is 84.3 Å². The van der Waals surface area contributed by atoms with Crippen molar-refractivity contribution in [2.75, 3.05) is 29.9 Å². The molecule has 1 aromatic heterocycles. The number of rotatable bonds is 5. The number of aromatic nitrogens is 2. The van der Waals surface area contributed by atoms with Gasteiger partial charge >= 0.3 is 0 Å². The van der Waals surface area contributed by atoms with E-state index in [1.54, 1.807) is 18.2 Å². The minimum absolute atomic E-state index is 0.0321. The molecule has 8 heteroatoms. The minimum atomic E-state index is -0.198. The largest absolute Gasteiger partial charge is 0.337 e. The number of carbonyl (C=O) groups is 2. The molecule has 0 bridgehead atoms. The molecule has 3 aromatic rings. The molecule has 0 aliphatic carbocycles. The van der Waals surface area contributed by atoms with Crippen LogP contribution in [0.2, 0.25) is 0 Å². The maximum absolute atomic E-state index is 12.7. The summed E-state index contributed by atoms with van der Waals surface area (Å²) < 4.78 is 1.47. The van der Waals surface area contributed by atoms with Crippen LogP contribution < -0.4 is 10.9 Å². The summed E-state index contributed by atoms with van der Waals surface area (Å²) in [6.45, 7) is 5.56. The third-order valence-electron chi connectivity index (χ3n) is 5.68. The van der Waals surface area contributed by atoms with Gasteiger partial charge in [0.25, 0.3) is 11.5 Å². The summed E-state index contributed by atoms with van der Waals surface area (Å²) in [5.41, 5.74) is 3.61. The summed E-state index contributed by atoms with van der Waals surface area (Å²) in [5.74, 6) is 1.77. The Kier molecular flexibility index (Phi) is 6.60. The Morgan fingerprint density at radius 2 is 1.88 bits per heavy atom. The zero-order valence-electron chi connectivity index (χ0n) is 18.3. The van der Waals surface area contributed by atoms with Gasteiger partial charge in [-0.25, -0.2) is 4.98 Å². The van der Waals surface area contributed by atoms with Crippen LogP contribution >= 0.6 is 11.8 Å². The number of thioether (sulfide) groups is 1. The Morgan fingerprint density at radius 3 is 2.62 bits per heavy atom. The van der Waals surface area contributed by atoms with E-state index < -0.39 is 0 Å². The van der Waals surface area contributed by atoms with Crippen LogP contribution in [-0.2, 0) is 11.3 Å². The smallest absolute Gasteiger partial charge is 0.261 e. The average Bonchev–Trinajstić information content (AvgIpc) is 2.80. The summed E-state index contributed by atoms with van der Waals surface area (Å²) >= 11 is 1.86. The number of anilines is 1. The van der Waals surface area contributed by atoms with Crippen LogP contribution in [0.25, 0.3) is 10.9 Å². The van der Waals surface area contributed by atoms with Crippen LogP contribution in [0.3, 0.4) is 0 Å². The molecule has 0 radical (unpaired) electrons. The lowest BCUT2D eigenvalue weighted by atomic mass is 10.1. The van der Waals surface area contributed by atoms with Gasteiger partial charge in [-0.2, -0.15) is 11.8 Å². The molecule has 1 fully saturated rings. The molecule has 0 spiro atoms. The Bertz CT molecular complexity index is 1230. The molecule has 1 N–H and O–H groups in total. The Balaban J connectivity index is 1.40. The van der Waals surface area contributed by atoms with Gasteiger partial charge in [0.15, 0.2) is 0 Å². The second-order valence-electron chi connectivity index (χ2n) is 7.95. The SMILES string of the molecule is Cc1cc(C(=O)N2CCSCC2)ccc1NC(=O)CCn1cnc2c(C)cccc2c1=O. The third-order valence-corrected chi connectivity index (χ3v) is 6.62. The quantitative estimate of drug-likeness (QED) is 0.645. The molecule has 0 unspecified atom stereocenters. The number of aryl methyl sites for hydroxylation is 3. The standard InChI is InChI=1S/C24H26N4O3S/c1-16-4-3-5-19-22(16)25-15-28(24(19)31)9-8-21(29)26-20-7-6-18(14-17(20)2)23(30)27-10-12-32-13-11-27/h3-7,14-15H,8-13H2,1-2H3,(H,26,29). The molecular formula is C24H26N4O3S. The second kappa shape index (κ2) is 9.56. The van der Waals surface area contributed by atoms with Crippen LogP contribution in [-0.4, -0.2) is 50.9 Å². The minimum Gasteiger partial charge on any atom is -0.337 e. The van der Waals surface area contributed by atoms with Gasteiger partial charge in [-0.05, 0) is 49.2 Å². The van der Waals surface area contributed by atoms with Crippen LogP contribution in [0, 0.1) is 13.8 Å². The maximum Gasteiger partial charge on any atom is 0.261 e. The van der Waals surface area contributed by atoms with Gasteiger partial charge in [0, 0.05) is 48.8 Å². The van der Waals surface area contributed by atoms with Crippen molar-refractivity contribution in [3.63, 3.8) is 0 Å². The predicted octanol–water partition coefficient (Wildman–Crippen LogP) is 3.23. The van der Waals surface area contributed by atoms with E-state index in [-0.39, 0.29) is 30.3 Å². The van der Waals surface area contributed by atoms with E-state index in [1.807, 2.05) is 48.7 Å². The van der Waals surface area contributed by atoms with Crippen molar-refractivity contribution in [3.8, 4) is 0 Å². The van der Waals surface area contributed by atoms with Crippen LogP contribution in [0.15, 0.2) is 47.5 Å². The first-order valence-electron chi connectivity index (χ1n) is 10.7. The van der Waals surface area contributed by atoms with Gasteiger partial charge in [-0.15, -0.1) is 0 Å². The molecule has 1 aliphatic heterocycles. The van der Waals surface area contributed by atoms with Crippen molar-refractivity contribution >= 4 is 40.2 Å². The average molecular weight is 451 g/mol. The Hall–Kier alpha value is -3.13. The third kappa shape index (κ3) is 4.70. The molecule has 1 aliphatic rings. The first kappa shape index (κ1) is 22.1. The molecule has 0 saturated carbocycles. The van der Waals surface area contributed by atoms with Crippen LogP contribution in [0.4, 0.5) is 5.69 Å². The van der Waals surface area contributed by atoms with Crippen molar-refractivity contribution in [3.05, 3.63) is 69.8 Å². The van der Waals surface area contributed by atoms with E-state index in [0.29, 0.717) is 22.2 Å². The summed E-state index contributed by atoms with van der Waals surface area (Å²) in [6.07, 6.45) is 1.64. The van der Waals surface area contributed by atoms with Crippen LogP contribution in [0.1, 0.15) is 27.9 Å². The Labute approximate surface area is 190 Å². The van der Waals surface area contributed by atoms with Crippen molar-refractivity contribution in [2.45, 2.75) is 26.8 Å². The van der Waals surface area contributed by atoms with Gasteiger partial charge in [0.05, 0.1) is 17.2 Å². The van der Waals surface area contributed by atoms with E-state index >= 15 is 0 Å². The van der Waals surface area contributed by atoms with E-state index in [1.165, 1.54) is 10.9 Å². The molecule has 0 atom stereocenters. The van der Waals surface area contributed by atoms with Crippen molar-refractivity contribution in [2.24, 2.45) is 0 Å². The number of carbonyl (C=O) groups excluding carboxylic acids is 2. The fraction of sp³-hybridized carbons (Fsp3) is 0.333. The van der Waals surface area contributed by atoms with Crippen molar-refractivity contribution in [1.29, 1.82) is 0 Å². The molecule has 2 aromatic carbocycles. The maximum atomic E-state index is 12.7. The van der Waals surface area contributed by atoms with Gasteiger partial charge in [0.2, 0.25) is 5.91 Å². The first-order chi connectivity index (χ1) is 15.4. The fourth-order valence-electron chi connectivity index (χ4n) is 3.82. The van der Waals surface area contributed by atoms with Gasteiger partial charge in [0.1, 0.15) is 0 Å². The lowest BCUT2D eigenvalue weighted by Crippen LogP contribution is -2.37. The van der Waals surface area contributed by atoms with Crippen molar-refractivity contribution < 1.29 is 9.59 Å². The molecule has 2 amide bonds. The zero-order valence-corrected chi connectivity index (χ0v) is 19.1. The summed E-state index contributed by atoms with van der Waals surface area (Å²) in [5, 5.41) is 3.44. The van der Waals surface area contributed by atoms with E-state index in [0.717, 1.165) is 35.7 Å². The molecule has 4 rings (SSSR count). The number of hydrogen-bond acceptors (Lipinski definition) is 5. The highest BCUT2D eigenvalue weighted by Gasteiger charge is 2.19. The highest BCUT2D eigenvalue weighted by Crippen LogP contribution is 2.20. The monoisotopic (exact) mass is 450 g/mol. The number of amides is 2. The van der Waals surface area contributed by atoms with E-state index in [2.05, 4.69) is 10.3 Å². The van der Waals surface area contributed by atoms with E-state index in [9.17, 15) is 14.4 Å². The van der Waals surface area contributed by atoms with Crippen LogP contribution in [0.5, 0.6) is 0 Å². The summed E-state index contributed by atoms with van der Waals surface area (Å²) in [6, 6.07) is 10.8. The Morgan fingerprint density at radius 1 is 1.09 bits per heavy atom. The summed E-state index contributed by atoms with van der Waals surface area (Å²) in [7, 11) is 0. The number of benzene rings is 2. The predicted molar refractivity (Wildman–Crippen MR) is 128 cm³/mol. The number of nitrogens with zero attached hydrogens (tertiary/aromatic N) is 3. The number of hydrogen-bond donors (Lipinski definition) is 1.